The van der Waals surface area contributed by atoms with E-state index in [-0.39, 0.29) is 0 Å². The zero-order valence-corrected chi connectivity index (χ0v) is 31.1. The molecule has 266 valence electrons. The van der Waals surface area contributed by atoms with Crippen LogP contribution in [0.3, 0.4) is 0 Å². The Hall–Kier alpha value is -7.42. The van der Waals surface area contributed by atoms with Crippen molar-refractivity contribution in [2.24, 2.45) is 0 Å². The lowest BCUT2D eigenvalue weighted by molar-refractivity contribution is 0.666. The van der Waals surface area contributed by atoms with Crippen LogP contribution in [0.4, 0.5) is 17.1 Å². The quantitative estimate of drug-likeness (QED) is 0.180. The summed E-state index contributed by atoms with van der Waals surface area (Å²) in [5, 5.41) is 2.28. The number of rotatable bonds is 4. The molecule has 2 nitrogen and oxygen atoms in total. The van der Waals surface area contributed by atoms with Crippen molar-refractivity contribution in [1.29, 1.82) is 0 Å². The second kappa shape index (κ2) is 12.3. The van der Waals surface area contributed by atoms with Crippen molar-refractivity contribution >= 4 is 39.0 Å². The minimum Gasteiger partial charge on any atom is -0.456 e. The van der Waals surface area contributed by atoms with Gasteiger partial charge in [-0.2, -0.15) is 0 Å². The molecule has 9 aromatic carbocycles. The molecule has 0 saturated heterocycles. The van der Waals surface area contributed by atoms with E-state index in [0.29, 0.717) is 0 Å². The highest BCUT2D eigenvalue weighted by molar-refractivity contribution is 6.09. The highest BCUT2D eigenvalue weighted by atomic mass is 16.3. The monoisotopic (exact) mass is 725 g/mol. The SMILES string of the molecule is c1ccc(-c2ccccc2N(c2ccccc2)c2ccc3c(c2)C2(c4ccccc4-c4ccccc4-3)c3ccccc3-c3cc4c(cc32)oc2ccccc24)cc1. The number of hydrogen-bond acceptors (Lipinski definition) is 2. The van der Waals surface area contributed by atoms with Crippen molar-refractivity contribution in [2.75, 3.05) is 4.90 Å². The van der Waals surface area contributed by atoms with E-state index in [1.54, 1.807) is 0 Å². The van der Waals surface area contributed by atoms with E-state index in [1.807, 2.05) is 0 Å². The molecule has 0 aliphatic heterocycles. The van der Waals surface area contributed by atoms with Crippen LogP contribution in [0.15, 0.2) is 217 Å². The van der Waals surface area contributed by atoms with Crippen molar-refractivity contribution < 1.29 is 4.42 Å². The van der Waals surface area contributed by atoms with Gasteiger partial charge in [-0.15, -0.1) is 0 Å². The lowest BCUT2D eigenvalue weighted by Gasteiger charge is -2.36. The Morgan fingerprint density at radius 2 is 0.860 bits per heavy atom. The molecule has 0 amide bonds. The van der Waals surface area contributed by atoms with E-state index in [1.165, 1.54) is 66.8 Å². The Balaban J connectivity index is 1.23. The van der Waals surface area contributed by atoms with E-state index in [9.17, 15) is 0 Å². The summed E-state index contributed by atoms with van der Waals surface area (Å²) >= 11 is 0. The third-order valence-corrected chi connectivity index (χ3v) is 12.3. The van der Waals surface area contributed by atoms with Gasteiger partial charge in [0.1, 0.15) is 11.2 Å². The van der Waals surface area contributed by atoms with Crippen LogP contribution in [0.25, 0.3) is 66.4 Å². The summed E-state index contributed by atoms with van der Waals surface area (Å²) in [6.07, 6.45) is 0. The maximum absolute atomic E-state index is 6.70. The third-order valence-electron chi connectivity index (χ3n) is 12.3. The fourth-order valence-corrected chi connectivity index (χ4v) is 9.97. The number of hydrogen-bond donors (Lipinski definition) is 0. The van der Waals surface area contributed by atoms with Gasteiger partial charge in [-0.3, -0.25) is 0 Å². The second-order valence-corrected chi connectivity index (χ2v) is 15.2. The molecule has 2 heteroatoms. The summed E-state index contributed by atoms with van der Waals surface area (Å²) in [6, 6.07) is 77.7. The molecule has 1 aromatic heterocycles. The summed E-state index contributed by atoms with van der Waals surface area (Å²) in [6.45, 7) is 0. The smallest absolute Gasteiger partial charge is 0.135 e. The standard InChI is InChI=1S/C55H35NO/c1-3-17-36(18-4-1)39-21-11-15-29-52(39)56(37-19-5-2-6-20-37)38-31-32-44-41-23-8-7-22-40(41)42-24-9-13-27-48(42)55(50(44)33-38)49-28-14-10-25-43(49)46-34-47-45-26-12-16-30-53(45)57-54(47)35-51(46)55/h1-35H. The third kappa shape index (κ3) is 4.53. The molecule has 0 fully saturated rings. The first-order valence-corrected chi connectivity index (χ1v) is 19.7. The summed E-state index contributed by atoms with van der Waals surface area (Å²) < 4.78 is 6.70. The van der Waals surface area contributed by atoms with Crippen LogP contribution in [0, 0.1) is 0 Å². The molecule has 1 heterocycles. The summed E-state index contributed by atoms with van der Waals surface area (Å²) in [5.41, 5.74) is 19.3. The predicted molar refractivity (Wildman–Crippen MR) is 236 cm³/mol. The van der Waals surface area contributed by atoms with Gasteiger partial charge in [0.15, 0.2) is 0 Å². The second-order valence-electron chi connectivity index (χ2n) is 15.2. The Bertz CT molecular complexity index is 3190. The van der Waals surface area contributed by atoms with Crippen molar-refractivity contribution in [2.45, 2.75) is 5.41 Å². The van der Waals surface area contributed by atoms with Gasteiger partial charge in [0.2, 0.25) is 0 Å². The maximum Gasteiger partial charge on any atom is 0.135 e. The fourth-order valence-electron chi connectivity index (χ4n) is 9.97. The van der Waals surface area contributed by atoms with Crippen molar-refractivity contribution in [3.05, 3.63) is 235 Å². The first-order chi connectivity index (χ1) is 28.3. The highest BCUT2D eigenvalue weighted by Crippen LogP contribution is 2.63. The maximum atomic E-state index is 6.70. The van der Waals surface area contributed by atoms with Crippen molar-refractivity contribution in [3.8, 4) is 44.5 Å². The Kier molecular flexibility index (Phi) is 6.88. The summed E-state index contributed by atoms with van der Waals surface area (Å²) in [5.74, 6) is 0. The zero-order valence-electron chi connectivity index (χ0n) is 31.1. The number of benzene rings is 9. The van der Waals surface area contributed by atoms with Gasteiger partial charge < -0.3 is 9.32 Å². The molecule has 0 N–H and O–H groups in total. The van der Waals surface area contributed by atoms with Crippen LogP contribution in [0.1, 0.15) is 22.3 Å². The van der Waals surface area contributed by atoms with Crippen LogP contribution >= 0.6 is 0 Å². The molecule has 1 atom stereocenters. The molecule has 2 aliphatic rings. The molecule has 2 aliphatic carbocycles. The largest absolute Gasteiger partial charge is 0.456 e. The molecule has 0 bridgehead atoms. The van der Waals surface area contributed by atoms with E-state index in [2.05, 4.69) is 217 Å². The van der Waals surface area contributed by atoms with Crippen molar-refractivity contribution in [1.82, 2.24) is 0 Å². The number of para-hydroxylation sites is 3. The van der Waals surface area contributed by atoms with Crippen LogP contribution in [0.5, 0.6) is 0 Å². The number of fused-ring (bicyclic) bond motifs is 15. The minimum absolute atomic E-state index is 0.665. The van der Waals surface area contributed by atoms with Gasteiger partial charge in [0, 0.05) is 27.7 Å². The molecule has 10 aromatic rings. The fraction of sp³-hybridized carbons (Fsp3) is 0.0182. The van der Waals surface area contributed by atoms with Gasteiger partial charge in [-0.05, 0) is 110 Å². The van der Waals surface area contributed by atoms with Gasteiger partial charge in [-0.25, -0.2) is 0 Å². The Labute approximate surface area is 331 Å². The van der Waals surface area contributed by atoms with Crippen LogP contribution in [0.2, 0.25) is 0 Å². The van der Waals surface area contributed by atoms with E-state index in [4.69, 9.17) is 4.42 Å². The minimum atomic E-state index is -0.665. The molecule has 12 rings (SSSR count). The van der Waals surface area contributed by atoms with Crippen LogP contribution in [-0.4, -0.2) is 0 Å². The molecule has 57 heavy (non-hydrogen) atoms. The molecule has 0 saturated carbocycles. The molecule has 0 radical (unpaired) electrons. The van der Waals surface area contributed by atoms with E-state index in [0.717, 1.165) is 39.0 Å². The van der Waals surface area contributed by atoms with Gasteiger partial charge in [0.25, 0.3) is 0 Å². The van der Waals surface area contributed by atoms with Gasteiger partial charge >= 0.3 is 0 Å². The first-order valence-electron chi connectivity index (χ1n) is 19.7. The topological polar surface area (TPSA) is 16.4 Å². The van der Waals surface area contributed by atoms with Crippen molar-refractivity contribution in [3.63, 3.8) is 0 Å². The van der Waals surface area contributed by atoms with Crippen LogP contribution in [-0.2, 0) is 5.41 Å². The number of furan rings is 1. The number of nitrogens with zero attached hydrogens (tertiary/aromatic N) is 1. The molecule has 1 unspecified atom stereocenters. The average Bonchev–Trinajstić information content (AvgIpc) is 3.76. The molecular weight excluding hydrogens is 691 g/mol. The molecular formula is C55H35NO. The predicted octanol–water partition coefficient (Wildman–Crippen LogP) is 14.7. The first kappa shape index (κ1) is 31.9. The Morgan fingerprint density at radius 3 is 1.60 bits per heavy atom. The van der Waals surface area contributed by atoms with Crippen LogP contribution < -0.4 is 4.90 Å². The van der Waals surface area contributed by atoms with Gasteiger partial charge in [0.05, 0.1) is 11.1 Å². The average molecular weight is 726 g/mol. The zero-order chi connectivity index (χ0) is 37.5. The molecule has 1 spiro atoms. The lowest BCUT2D eigenvalue weighted by atomic mass is 9.65. The normalized spacial score (nSPS) is 14.7. The van der Waals surface area contributed by atoms with E-state index >= 15 is 0 Å². The van der Waals surface area contributed by atoms with E-state index < -0.39 is 5.41 Å². The lowest BCUT2D eigenvalue weighted by Crippen LogP contribution is -2.29. The number of anilines is 3. The summed E-state index contributed by atoms with van der Waals surface area (Å²) in [7, 11) is 0. The van der Waals surface area contributed by atoms with Gasteiger partial charge in [-0.1, -0.05) is 164 Å². The highest BCUT2D eigenvalue weighted by Gasteiger charge is 2.50. The summed E-state index contributed by atoms with van der Waals surface area (Å²) in [4.78, 5) is 2.43. The Morgan fingerprint density at radius 1 is 0.316 bits per heavy atom.